The van der Waals surface area contributed by atoms with Crippen LogP contribution in [0.5, 0.6) is 0 Å². The lowest BCUT2D eigenvalue weighted by molar-refractivity contribution is 0.0594. The summed E-state index contributed by atoms with van der Waals surface area (Å²) in [6.45, 7) is 2.71. The van der Waals surface area contributed by atoms with Crippen molar-refractivity contribution in [1.82, 2.24) is 15.3 Å². The van der Waals surface area contributed by atoms with E-state index < -0.39 is 0 Å². The second kappa shape index (κ2) is 5.79. The number of hydrogen-bond acceptors (Lipinski definition) is 5. The molecule has 1 unspecified atom stereocenters. The molecule has 2 N–H and O–H groups in total. The Morgan fingerprint density at radius 3 is 3.11 bits per heavy atom. The van der Waals surface area contributed by atoms with E-state index in [0.29, 0.717) is 12.2 Å². The number of carbonyl (C=O) groups is 1. The lowest BCUT2D eigenvalue weighted by Crippen LogP contribution is -2.18. The van der Waals surface area contributed by atoms with Crippen molar-refractivity contribution in [2.75, 3.05) is 7.11 Å². The highest BCUT2D eigenvalue weighted by Crippen LogP contribution is 2.15. The van der Waals surface area contributed by atoms with Gasteiger partial charge in [0.25, 0.3) is 0 Å². The molecule has 0 radical (unpaired) electrons. The molecule has 0 amide bonds. The van der Waals surface area contributed by atoms with Crippen LogP contribution < -0.4 is 5.32 Å². The summed E-state index contributed by atoms with van der Waals surface area (Å²) in [6, 6.07) is 3.78. The molecule has 6 heteroatoms. The van der Waals surface area contributed by atoms with Crippen molar-refractivity contribution in [3.05, 3.63) is 40.1 Å². The second-order valence-corrected chi connectivity index (χ2v) is 4.79. The Morgan fingerprint density at radius 2 is 2.44 bits per heavy atom. The van der Waals surface area contributed by atoms with Gasteiger partial charge in [0.2, 0.25) is 0 Å². The molecule has 2 heterocycles. The van der Waals surface area contributed by atoms with Gasteiger partial charge in [-0.15, -0.1) is 11.3 Å². The third kappa shape index (κ3) is 2.96. The summed E-state index contributed by atoms with van der Waals surface area (Å²) >= 11 is 1.62. The third-order valence-electron chi connectivity index (χ3n) is 2.57. The van der Waals surface area contributed by atoms with Crippen molar-refractivity contribution >= 4 is 17.3 Å². The van der Waals surface area contributed by atoms with Crippen LogP contribution in [0.4, 0.5) is 0 Å². The average molecular weight is 265 g/mol. The van der Waals surface area contributed by atoms with Gasteiger partial charge in [-0.05, 0) is 19.1 Å². The van der Waals surface area contributed by atoms with Gasteiger partial charge in [-0.2, -0.15) is 0 Å². The maximum Gasteiger partial charge on any atom is 0.354 e. The summed E-state index contributed by atoms with van der Waals surface area (Å²) in [5, 5.41) is 6.34. The van der Waals surface area contributed by atoms with Crippen LogP contribution in [0.2, 0.25) is 0 Å². The number of thiazole rings is 1. The van der Waals surface area contributed by atoms with Gasteiger partial charge < -0.3 is 15.0 Å². The highest BCUT2D eigenvalue weighted by molar-refractivity contribution is 7.09. The topological polar surface area (TPSA) is 67.0 Å². The van der Waals surface area contributed by atoms with Crippen molar-refractivity contribution in [1.29, 1.82) is 0 Å². The van der Waals surface area contributed by atoms with E-state index >= 15 is 0 Å². The molecular weight excluding hydrogens is 250 g/mol. The number of nitrogens with one attached hydrogen (secondary N) is 2. The van der Waals surface area contributed by atoms with Crippen LogP contribution in [-0.4, -0.2) is 23.0 Å². The molecule has 0 fully saturated rings. The molecule has 5 nitrogen and oxygen atoms in total. The number of aromatic amines is 1. The van der Waals surface area contributed by atoms with Gasteiger partial charge in [0, 0.05) is 23.8 Å². The van der Waals surface area contributed by atoms with Crippen molar-refractivity contribution in [3.8, 4) is 0 Å². The van der Waals surface area contributed by atoms with Crippen molar-refractivity contribution in [2.24, 2.45) is 0 Å². The van der Waals surface area contributed by atoms with Gasteiger partial charge in [-0.1, -0.05) is 0 Å². The fraction of sp³-hybridized carbons (Fsp3) is 0.333. The quantitative estimate of drug-likeness (QED) is 0.813. The summed E-state index contributed by atoms with van der Waals surface area (Å²) in [7, 11) is 1.37. The van der Waals surface area contributed by atoms with E-state index in [1.165, 1.54) is 7.11 Å². The number of rotatable bonds is 5. The Kier molecular flexibility index (Phi) is 4.11. The molecule has 0 saturated heterocycles. The highest BCUT2D eigenvalue weighted by Gasteiger charge is 2.10. The molecule has 0 aromatic carbocycles. The van der Waals surface area contributed by atoms with E-state index in [-0.39, 0.29) is 12.0 Å². The van der Waals surface area contributed by atoms with Crippen LogP contribution >= 0.6 is 11.3 Å². The predicted octanol–water partition coefficient (Wildman–Crippen LogP) is 2.11. The number of nitrogens with zero attached hydrogens (tertiary/aromatic N) is 1. The van der Waals surface area contributed by atoms with Gasteiger partial charge in [0.15, 0.2) is 0 Å². The summed E-state index contributed by atoms with van der Waals surface area (Å²) in [6.07, 6.45) is 1.79. The number of carbonyl (C=O) groups excluding carboxylic acids is 1. The molecule has 96 valence electrons. The molecule has 2 rings (SSSR count). The molecule has 1 atom stereocenters. The molecule has 2 aromatic rings. The highest BCUT2D eigenvalue weighted by atomic mass is 32.1. The summed E-state index contributed by atoms with van der Waals surface area (Å²) in [5.41, 5.74) is 1.41. The molecule has 18 heavy (non-hydrogen) atoms. The number of esters is 1. The zero-order chi connectivity index (χ0) is 13.0. The molecule has 0 aliphatic heterocycles. The summed E-state index contributed by atoms with van der Waals surface area (Å²) in [4.78, 5) is 18.5. The normalized spacial score (nSPS) is 12.3. The minimum atomic E-state index is -0.353. The van der Waals surface area contributed by atoms with E-state index in [0.717, 1.165) is 10.7 Å². The zero-order valence-corrected chi connectivity index (χ0v) is 11.1. The number of H-pyrrole nitrogens is 1. The van der Waals surface area contributed by atoms with Crippen LogP contribution in [0.3, 0.4) is 0 Å². The minimum absolute atomic E-state index is 0.190. The third-order valence-corrected chi connectivity index (χ3v) is 3.53. The average Bonchev–Trinajstić information content (AvgIpc) is 3.05. The molecule has 0 saturated carbocycles. The fourth-order valence-electron chi connectivity index (χ4n) is 1.57. The first-order chi connectivity index (χ1) is 8.70. The van der Waals surface area contributed by atoms with Crippen LogP contribution in [-0.2, 0) is 11.3 Å². The van der Waals surface area contributed by atoms with Crippen molar-refractivity contribution in [2.45, 2.75) is 19.5 Å². The van der Waals surface area contributed by atoms with Crippen LogP contribution in [0.25, 0.3) is 0 Å². The lowest BCUT2D eigenvalue weighted by atomic mass is 10.3. The first-order valence-corrected chi connectivity index (χ1v) is 6.47. The van der Waals surface area contributed by atoms with Crippen LogP contribution in [0, 0.1) is 0 Å². The monoisotopic (exact) mass is 265 g/mol. The Balaban J connectivity index is 1.90. The maximum atomic E-state index is 11.3. The van der Waals surface area contributed by atoms with Crippen LogP contribution in [0.1, 0.15) is 34.2 Å². The minimum Gasteiger partial charge on any atom is -0.464 e. The largest absolute Gasteiger partial charge is 0.464 e. The van der Waals surface area contributed by atoms with Crippen molar-refractivity contribution < 1.29 is 9.53 Å². The second-order valence-electron chi connectivity index (χ2n) is 3.86. The Labute approximate surface area is 109 Å². The standard InChI is InChI=1S/C12H15N3O2S/c1-8(11-13-5-6-18-11)14-7-9-3-4-10(15-9)12(16)17-2/h3-6,8,14-15H,7H2,1-2H3. The van der Waals surface area contributed by atoms with E-state index in [2.05, 4.69) is 26.9 Å². The zero-order valence-electron chi connectivity index (χ0n) is 10.3. The van der Waals surface area contributed by atoms with Crippen molar-refractivity contribution in [3.63, 3.8) is 0 Å². The molecule has 0 aliphatic rings. The van der Waals surface area contributed by atoms with E-state index in [4.69, 9.17) is 0 Å². The SMILES string of the molecule is COC(=O)c1ccc(CNC(C)c2nccs2)[nH]1. The van der Waals surface area contributed by atoms with Gasteiger partial charge in [-0.3, -0.25) is 0 Å². The number of ether oxygens (including phenoxy) is 1. The molecule has 0 bridgehead atoms. The molecular formula is C12H15N3O2S. The van der Waals surface area contributed by atoms with E-state index in [1.54, 1.807) is 23.6 Å². The van der Waals surface area contributed by atoms with Gasteiger partial charge in [0.05, 0.1) is 13.2 Å². The smallest absolute Gasteiger partial charge is 0.354 e. The molecule has 0 aliphatic carbocycles. The molecule has 0 spiro atoms. The molecule has 2 aromatic heterocycles. The maximum absolute atomic E-state index is 11.3. The van der Waals surface area contributed by atoms with E-state index in [9.17, 15) is 4.79 Å². The predicted molar refractivity (Wildman–Crippen MR) is 69.5 cm³/mol. The Hall–Kier alpha value is -1.66. The number of methoxy groups -OCH3 is 1. The first kappa shape index (κ1) is 12.8. The summed E-state index contributed by atoms with van der Waals surface area (Å²) < 4.78 is 4.64. The Bertz CT molecular complexity index is 507. The number of hydrogen-bond donors (Lipinski definition) is 2. The van der Waals surface area contributed by atoms with Gasteiger partial charge in [0.1, 0.15) is 10.7 Å². The number of aromatic nitrogens is 2. The van der Waals surface area contributed by atoms with Gasteiger partial charge in [-0.25, -0.2) is 9.78 Å². The first-order valence-electron chi connectivity index (χ1n) is 5.59. The van der Waals surface area contributed by atoms with E-state index in [1.807, 2.05) is 11.4 Å². The Morgan fingerprint density at radius 1 is 1.61 bits per heavy atom. The van der Waals surface area contributed by atoms with Gasteiger partial charge >= 0.3 is 5.97 Å². The van der Waals surface area contributed by atoms with Crippen LogP contribution in [0.15, 0.2) is 23.7 Å². The summed E-state index contributed by atoms with van der Waals surface area (Å²) in [5.74, 6) is -0.353. The lowest BCUT2D eigenvalue weighted by Gasteiger charge is -2.09. The fourth-order valence-corrected chi connectivity index (χ4v) is 2.24.